The van der Waals surface area contributed by atoms with Crippen LogP contribution in [-0.2, 0) is 9.53 Å². The van der Waals surface area contributed by atoms with Gasteiger partial charge in [0.1, 0.15) is 12.4 Å². The van der Waals surface area contributed by atoms with Crippen molar-refractivity contribution < 1.29 is 19.4 Å². The first-order chi connectivity index (χ1) is 13.0. The number of nitrogens with zero attached hydrogens (tertiary/aromatic N) is 3. The standard InChI is InChI=1S/C20H21N3O4/c1-14-21-17-12-15(20(26)22(10-11-27-2)13-19(24)25)8-9-18(17)23(14)16-6-4-3-5-7-16/h3-9,12H,10-11,13H2,1-2H3,(H,24,25). The van der Waals surface area contributed by atoms with Crippen LogP contribution in [0.5, 0.6) is 0 Å². The van der Waals surface area contributed by atoms with Gasteiger partial charge in [-0.05, 0) is 37.3 Å². The summed E-state index contributed by atoms with van der Waals surface area (Å²) < 4.78 is 6.99. The number of carbonyl (C=O) groups excluding carboxylic acids is 1. The molecule has 0 fully saturated rings. The van der Waals surface area contributed by atoms with Crippen LogP contribution in [0.2, 0.25) is 0 Å². The Morgan fingerprint density at radius 1 is 1.19 bits per heavy atom. The number of carboxylic acids is 1. The van der Waals surface area contributed by atoms with E-state index in [0.29, 0.717) is 11.1 Å². The van der Waals surface area contributed by atoms with E-state index in [4.69, 9.17) is 9.84 Å². The minimum atomic E-state index is -1.07. The summed E-state index contributed by atoms with van der Waals surface area (Å²) in [5, 5.41) is 9.07. The summed E-state index contributed by atoms with van der Waals surface area (Å²) in [7, 11) is 1.51. The zero-order valence-electron chi connectivity index (χ0n) is 15.3. The number of amides is 1. The molecule has 7 nitrogen and oxygen atoms in total. The second-order valence-corrected chi connectivity index (χ2v) is 6.15. The number of aryl methyl sites for hydroxylation is 1. The Hall–Kier alpha value is -3.19. The van der Waals surface area contributed by atoms with E-state index in [9.17, 15) is 9.59 Å². The van der Waals surface area contributed by atoms with Gasteiger partial charge in [0, 0.05) is 24.9 Å². The molecule has 1 N–H and O–H groups in total. The third-order valence-corrected chi connectivity index (χ3v) is 4.26. The molecule has 27 heavy (non-hydrogen) atoms. The van der Waals surface area contributed by atoms with Crippen LogP contribution in [-0.4, -0.2) is 58.2 Å². The van der Waals surface area contributed by atoms with E-state index in [-0.39, 0.29) is 25.6 Å². The van der Waals surface area contributed by atoms with Crippen molar-refractivity contribution in [2.24, 2.45) is 0 Å². The van der Waals surface area contributed by atoms with Crippen molar-refractivity contribution in [3.05, 3.63) is 59.9 Å². The molecule has 0 aliphatic rings. The van der Waals surface area contributed by atoms with Gasteiger partial charge in [-0.1, -0.05) is 18.2 Å². The first-order valence-corrected chi connectivity index (χ1v) is 8.56. The summed E-state index contributed by atoms with van der Waals surface area (Å²) in [6, 6.07) is 15.1. The zero-order valence-corrected chi connectivity index (χ0v) is 15.3. The highest BCUT2D eigenvalue weighted by atomic mass is 16.5. The maximum Gasteiger partial charge on any atom is 0.323 e. The normalized spacial score (nSPS) is 10.9. The van der Waals surface area contributed by atoms with Crippen molar-refractivity contribution >= 4 is 22.9 Å². The van der Waals surface area contributed by atoms with Crippen LogP contribution >= 0.6 is 0 Å². The fourth-order valence-corrected chi connectivity index (χ4v) is 3.04. The smallest absolute Gasteiger partial charge is 0.323 e. The van der Waals surface area contributed by atoms with E-state index in [0.717, 1.165) is 17.0 Å². The Morgan fingerprint density at radius 3 is 2.59 bits per heavy atom. The number of aliphatic carboxylic acids is 1. The monoisotopic (exact) mass is 367 g/mol. The van der Waals surface area contributed by atoms with E-state index >= 15 is 0 Å². The average Bonchev–Trinajstić information content (AvgIpc) is 2.99. The van der Waals surface area contributed by atoms with Crippen molar-refractivity contribution in [2.75, 3.05) is 26.8 Å². The molecule has 1 aromatic heterocycles. The maximum atomic E-state index is 12.8. The van der Waals surface area contributed by atoms with Crippen LogP contribution in [0.3, 0.4) is 0 Å². The second kappa shape index (κ2) is 8.01. The molecule has 7 heteroatoms. The number of para-hydroxylation sites is 1. The summed E-state index contributed by atoms with van der Waals surface area (Å²) in [5.41, 5.74) is 2.96. The number of ether oxygens (including phenoxy) is 1. The van der Waals surface area contributed by atoms with Crippen molar-refractivity contribution in [1.29, 1.82) is 0 Å². The fourth-order valence-electron chi connectivity index (χ4n) is 3.04. The van der Waals surface area contributed by atoms with Gasteiger partial charge in [0.15, 0.2) is 0 Å². The summed E-state index contributed by atoms with van der Waals surface area (Å²) in [5.74, 6) is -0.615. The number of carboxylic acid groups (broad SMARTS) is 1. The minimum Gasteiger partial charge on any atom is -0.480 e. The SMILES string of the molecule is COCCN(CC(=O)O)C(=O)c1ccc2c(c1)nc(C)n2-c1ccccc1. The molecule has 0 saturated carbocycles. The molecule has 2 aromatic carbocycles. The summed E-state index contributed by atoms with van der Waals surface area (Å²) >= 11 is 0. The van der Waals surface area contributed by atoms with E-state index in [1.165, 1.54) is 12.0 Å². The second-order valence-electron chi connectivity index (χ2n) is 6.15. The lowest BCUT2D eigenvalue weighted by Crippen LogP contribution is -2.38. The molecular formula is C20H21N3O4. The molecule has 1 heterocycles. The van der Waals surface area contributed by atoms with Gasteiger partial charge in [0.2, 0.25) is 0 Å². The van der Waals surface area contributed by atoms with Gasteiger partial charge in [-0.2, -0.15) is 0 Å². The van der Waals surface area contributed by atoms with Crippen molar-refractivity contribution in [3.8, 4) is 5.69 Å². The van der Waals surface area contributed by atoms with Crippen molar-refractivity contribution in [2.45, 2.75) is 6.92 Å². The van der Waals surface area contributed by atoms with Crippen molar-refractivity contribution in [3.63, 3.8) is 0 Å². The lowest BCUT2D eigenvalue weighted by atomic mass is 10.1. The van der Waals surface area contributed by atoms with Gasteiger partial charge in [-0.3, -0.25) is 14.2 Å². The molecule has 3 aromatic rings. The highest BCUT2D eigenvalue weighted by molar-refractivity contribution is 5.98. The summed E-state index contributed by atoms with van der Waals surface area (Å²) in [6.45, 7) is 2.00. The van der Waals surface area contributed by atoms with E-state index in [1.54, 1.807) is 12.1 Å². The van der Waals surface area contributed by atoms with Gasteiger partial charge in [0.25, 0.3) is 5.91 Å². The minimum absolute atomic E-state index is 0.206. The van der Waals surface area contributed by atoms with Crippen LogP contribution in [0.1, 0.15) is 16.2 Å². The predicted octanol–water partition coefficient (Wildman–Crippen LogP) is 2.51. The Kier molecular flexibility index (Phi) is 5.52. The molecular weight excluding hydrogens is 346 g/mol. The molecule has 0 unspecified atom stereocenters. The predicted molar refractivity (Wildman–Crippen MR) is 101 cm³/mol. The Balaban J connectivity index is 1.97. The number of carbonyl (C=O) groups is 2. The third-order valence-electron chi connectivity index (χ3n) is 4.26. The highest BCUT2D eigenvalue weighted by Crippen LogP contribution is 2.22. The van der Waals surface area contributed by atoms with Crippen LogP contribution in [0, 0.1) is 6.92 Å². The molecule has 0 spiro atoms. The first kappa shape index (κ1) is 18.6. The van der Waals surface area contributed by atoms with E-state index in [2.05, 4.69) is 4.98 Å². The molecule has 0 aliphatic heterocycles. The number of hydrogen-bond donors (Lipinski definition) is 1. The van der Waals surface area contributed by atoms with Gasteiger partial charge in [-0.15, -0.1) is 0 Å². The van der Waals surface area contributed by atoms with Crippen LogP contribution in [0.25, 0.3) is 16.7 Å². The zero-order chi connectivity index (χ0) is 19.4. The number of fused-ring (bicyclic) bond motifs is 1. The molecule has 0 saturated heterocycles. The van der Waals surface area contributed by atoms with Gasteiger partial charge in [0.05, 0.1) is 17.6 Å². The number of benzene rings is 2. The third kappa shape index (κ3) is 3.98. The molecule has 0 bridgehead atoms. The first-order valence-electron chi connectivity index (χ1n) is 8.56. The number of rotatable bonds is 7. The summed E-state index contributed by atoms with van der Waals surface area (Å²) in [6.07, 6.45) is 0. The molecule has 140 valence electrons. The van der Waals surface area contributed by atoms with Crippen LogP contribution in [0.15, 0.2) is 48.5 Å². The quantitative estimate of drug-likeness (QED) is 0.694. The van der Waals surface area contributed by atoms with Crippen LogP contribution < -0.4 is 0 Å². The highest BCUT2D eigenvalue weighted by Gasteiger charge is 2.20. The molecule has 0 radical (unpaired) electrons. The largest absolute Gasteiger partial charge is 0.480 e. The number of methoxy groups -OCH3 is 1. The van der Waals surface area contributed by atoms with E-state index < -0.39 is 5.97 Å². The van der Waals surface area contributed by atoms with Gasteiger partial charge < -0.3 is 14.7 Å². The number of hydrogen-bond acceptors (Lipinski definition) is 4. The van der Waals surface area contributed by atoms with Gasteiger partial charge >= 0.3 is 5.97 Å². The molecule has 3 rings (SSSR count). The average molecular weight is 367 g/mol. The lowest BCUT2D eigenvalue weighted by Gasteiger charge is -2.20. The van der Waals surface area contributed by atoms with E-state index in [1.807, 2.05) is 47.9 Å². The molecule has 0 atom stereocenters. The van der Waals surface area contributed by atoms with Gasteiger partial charge in [-0.25, -0.2) is 4.98 Å². The Morgan fingerprint density at radius 2 is 1.93 bits per heavy atom. The van der Waals surface area contributed by atoms with Crippen LogP contribution in [0.4, 0.5) is 0 Å². The molecule has 1 amide bonds. The molecule has 0 aliphatic carbocycles. The fraction of sp³-hybridized carbons (Fsp3) is 0.250. The topological polar surface area (TPSA) is 84.7 Å². The van der Waals surface area contributed by atoms with Crippen molar-refractivity contribution in [1.82, 2.24) is 14.5 Å². The Labute approximate surface area is 156 Å². The lowest BCUT2D eigenvalue weighted by molar-refractivity contribution is -0.137. The number of aromatic nitrogens is 2. The number of imidazole rings is 1. The summed E-state index contributed by atoms with van der Waals surface area (Å²) in [4.78, 5) is 29.7. The maximum absolute atomic E-state index is 12.8. The Bertz CT molecular complexity index is 966.